The summed E-state index contributed by atoms with van der Waals surface area (Å²) in [4.78, 5) is 41.2. The molecule has 1 fully saturated rings. The first-order valence-electron chi connectivity index (χ1n) is 11.9. The molecule has 2 aromatic rings. The third-order valence-electron chi connectivity index (χ3n) is 6.93. The number of hydrogen-bond acceptors (Lipinski definition) is 5. The number of benzene rings is 2. The van der Waals surface area contributed by atoms with Crippen molar-refractivity contribution in [1.82, 2.24) is 20.9 Å². The highest BCUT2D eigenvalue weighted by Gasteiger charge is 2.49. The second-order valence-corrected chi connectivity index (χ2v) is 9.09. The van der Waals surface area contributed by atoms with Gasteiger partial charge in [-0.05, 0) is 43.0 Å². The first-order valence-corrected chi connectivity index (χ1v) is 11.9. The molecular formula is C26H30N4O4. The fourth-order valence-electron chi connectivity index (χ4n) is 5.40. The third kappa shape index (κ3) is 4.08. The van der Waals surface area contributed by atoms with E-state index < -0.39 is 18.3 Å². The fraction of sp³-hybridized carbons (Fsp3) is 0.423. The van der Waals surface area contributed by atoms with Crippen molar-refractivity contribution in [1.29, 1.82) is 0 Å². The number of ether oxygens (including phenoxy) is 1. The van der Waals surface area contributed by atoms with E-state index >= 15 is 0 Å². The van der Waals surface area contributed by atoms with Gasteiger partial charge in [-0.1, -0.05) is 48.5 Å². The highest BCUT2D eigenvalue weighted by atomic mass is 16.5. The number of amides is 3. The average Bonchev–Trinajstić information content (AvgIpc) is 3.09. The van der Waals surface area contributed by atoms with E-state index in [-0.39, 0.29) is 30.3 Å². The van der Waals surface area contributed by atoms with Crippen molar-refractivity contribution >= 4 is 17.7 Å². The Morgan fingerprint density at radius 1 is 0.971 bits per heavy atom. The Morgan fingerprint density at radius 3 is 2.50 bits per heavy atom. The highest BCUT2D eigenvalue weighted by molar-refractivity contribution is 5.94. The van der Waals surface area contributed by atoms with E-state index in [1.54, 1.807) is 7.05 Å². The summed E-state index contributed by atoms with van der Waals surface area (Å²) in [5, 5.41) is 8.82. The zero-order valence-corrected chi connectivity index (χ0v) is 19.3. The van der Waals surface area contributed by atoms with E-state index in [9.17, 15) is 14.4 Å². The van der Waals surface area contributed by atoms with Crippen LogP contribution in [0.2, 0.25) is 0 Å². The van der Waals surface area contributed by atoms with E-state index in [0.29, 0.717) is 13.0 Å². The zero-order chi connectivity index (χ0) is 23.7. The molecule has 4 atom stereocenters. The number of fused-ring (bicyclic) bond motifs is 4. The first kappa shape index (κ1) is 22.6. The smallest absolute Gasteiger partial charge is 0.248 e. The first-order chi connectivity index (χ1) is 16.6. The highest BCUT2D eigenvalue weighted by Crippen LogP contribution is 2.45. The van der Waals surface area contributed by atoms with Crippen molar-refractivity contribution in [3.05, 3.63) is 70.8 Å². The maximum Gasteiger partial charge on any atom is 0.248 e. The molecule has 2 heterocycles. The monoisotopic (exact) mass is 462 g/mol. The van der Waals surface area contributed by atoms with Crippen LogP contribution in [0.25, 0.3) is 0 Å². The lowest BCUT2D eigenvalue weighted by molar-refractivity contribution is -0.153. The quantitative estimate of drug-likeness (QED) is 0.630. The fourth-order valence-corrected chi connectivity index (χ4v) is 5.40. The minimum Gasteiger partial charge on any atom is -0.354 e. The maximum absolute atomic E-state index is 13.8. The molecule has 0 aromatic heterocycles. The number of carbonyl (C=O) groups is 3. The van der Waals surface area contributed by atoms with Gasteiger partial charge in [0.25, 0.3) is 0 Å². The Bertz CT molecular complexity index is 1100. The van der Waals surface area contributed by atoms with Gasteiger partial charge >= 0.3 is 0 Å². The molecule has 0 saturated carbocycles. The van der Waals surface area contributed by atoms with Crippen molar-refractivity contribution in [2.75, 3.05) is 20.2 Å². The van der Waals surface area contributed by atoms with E-state index in [1.807, 2.05) is 36.4 Å². The Balaban J connectivity index is 1.45. The molecule has 2 aromatic carbocycles. The summed E-state index contributed by atoms with van der Waals surface area (Å²) in [5.41, 5.74) is 3.98. The summed E-state index contributed by atoms with van der Waals surface area (Å²) in [6.07, 6.45) is 2.56. The van der Waals surface area contributed by atoms with Crippen molar-refractivity contribution in [3.63, 3.8) is 0 Å². The predicted octanol–water partition coefficient (Wildman–Crippen LogP) is 1.89. The number of nitrogens with zero attached hydrogens (tertiary/aromatic N) is 1. The van der Waals surface area contributed by atoms with Gasteiger partial charge in [-0.25, -0.2) is 0 Å². The van der Waals surface area contributed by atoms with Crippen LogP contribution >= 0.6 is 0 Å². The number of likely N-dealkylation sites (N-methyl/N-ethyl adjacent to an activating group) is 1. The molecule has 0 spiro atoms. The normalized spacial score (nSPS) is 25.6. The molecule has 1 aliphatic carbocycles. The van der Waals surface area contributed by atoms with Gasteiger partial charge in [0.15, 0.2) is 6.23 Å². The average molecular weight is 463 g/mol. The molecule has 178 valence electrons. The van der Waals surface area contributed by atoms with Crippen molar-refractivity contribution in [3.8, 4) is 0 Å². The van der Waals surface area contributed by atoms with Gasteiger partial charge in [-0.3, -0.25) is 19.3 Å². The molecule has 3 amide bonds. The Morgan fingerprint density at radius 2 is 1.71 bits per heavy atom. The van der Waals surface area contributed by atoms with Gasteiger partial charge < -0.3 is 20.7 Å². The summed E-state index contributed by atoms with van der Waals surface area (Å²) >= 11 is 0. The van der Waals surface area contributed by atoms with Crippen molar-refractivity contribution in [2.45, 2.75) is 50.0 Å². The molecule has 8 heteroatoms. The number of hydrogen-bond donors (Lipinski definition) is 3. The lowest BCUT2D eigenvalue weighted by atomic mass is 9.87. The van der Waals surface area contributed by atoms with Crippen LogP contribution in [0.1, 0.15) is 59.8 Å². The number of carbonyl (C=O) groups excluding carboxylic acids is 3. The van der Waals surface area contributed by atoms with Crippen molar-refractivity contribution < 1.29 is 19.1 Å². The van der Waals surface area contributed by atoms with Crippen LogP contribution in [0.4, 0.5) is 0 Å². The molecule has 34 heavy (non-hydrogen) atoms. The van der Waals surface area contributed by atoms with Crippen LogP contribution in [0.5, 0.6) is 0 Å². The summed E-state index contributed by atoms with van der Waals surface area (Å²) in [6.45, 7) is 0.412. The van der Waals surface area contributed by atoms with Gasteiger partial charge in [0.1, 0.15) is 12.1 Å². The SMILES string of the molecule is CNCC(=O)N[C@H]1CCO[C@H]2c3ccccc3C(C(=O)N[C@@H]3CCCc4ccccc43)N2C1=O. The summed E-state index contributed by atoms with van der Waals surface area (Å²) in [7, 11) is 1.68. The Labute approximate surface area is 199 Å². The number of rotatable bonds is 5. The van der Waals surface area contributed by atoms with Crippen LogP contribution < -0.4 is 16.0 Å². The van der Waals surface area contributed by atoms with Gasteiger partial charge in [0.05, 0.1) is 19.2 Å². The van der Waals surface area contributed by atoms with Crippen LogP contribution in [0, 0.1) is 0 Å². The summed E-state index contributed by atoms with van der Waals surface area (Å²) < 4.78 is 6.08. The molecule has 1 unspecified atom stereocenters. The predicted molar refractivity (Wildman–Crippen MR) is 125 cm³/mol. The van der Waals surface area contributed by atoms with Crippen molar-refractivity contribution in [2.24, 2.45) is 0 Å². The molecule has 0 radical (unpaired) electrons. The molecule has 2 aliphatic heterocycles. The Hall–Kier alpha value is -3.23. The maximum atomic E-state index is 13.8. The summed E-state index contributed by atoms with van der Waals surface area (Å²) in [6, 6.07) is 14.1. The minimum absolute atomic E-state index is 0.0993. The topological polar surface area (TPSA) is 99.8 Å². The molecular weight excluding hydrogens is 432 g/mol. The second kappa shape index (κ2) is 9.56. The molecule has 1 saturated heterocycles. The van der Waals surface area contributed by atoms with Gasteiger partial charge in [-0.2, -0.15) is 0 Å². The molecule has 3 N–H and O–H groups in total. The molecule has 0 bridgehead atoms. The number of nitrogens with one attached hydrogen (secondary N) is 3. The van der Waals surface area contributed by atoms with E-state index in [0.717, 1.165) is 36.0 Å². The zero-order valence-electron chi connectivity index (χ0n) is 19.3. The van der Waals surface area contributed by atoms with Crippen LogP contribution in [0.15, 0.2) is 48.5 Å². The van der Waals surface area contributed by atoms with Crippen LogP contribution in [0.3, 0.4) is 0 Å². The standard InChI is InChI=1S/C26H30N4O4/c1-27-15-22(31)28-21-13-14-34-26-19-11-5-4-10-18(19)23(30(26)25(21)33)24(32)29-20-12-6-8-16-7-2-3-9-17(16)20/h2-5,7,9-11,20-21,23,26-27H,6,8,12-15H2,1H3,(H,28,31)(H,29,32)/t20-,21+,23?,26+/m1/s1. The lowest BCUT2D eigenvalue weighted by Crippen LogP contribution is -2.51. The number of aryl methyl sites for hydroxylation is 1. The van der Waals surface area contributed by atoms with Gasteiger partial charge in [0, 0.05) is 12.0 Å². The minimum atomic E-state index is -0.815. The lowest BCUT2D eigenvalue weighted by Gasteiger charge is -2.32. The van der Waals surface area contributed by atoms with E-state index in [1.165, 1.54) is 10.5 Å². The van der Waals surface area contributed by atoms with Crippen LogP contribution in [-0.2, 0) is 25.5 Å². The van der Waals surface area contributed by atoms with Crippen LogP contribution in [-0.4, -0.2) is 48.9 Å². The third-order valence-corrected chi connectivity index (χ3v) is 6.93. The largest absolute Gasteiger partial charge is 0.354 e. The Kier molecular flexibility index (Phi) is 6.34. The molecule has 3 aliphatic rings. The second-order valence-electron chi connectivity index (χ2n) is 9.09. The van der Waals surface area contributed by atoms with Gasteiger partial charge in [0.2, 0.25) is 17.7 Å². The van der Waals surface area contributed by atoms with Gasteiger partial charge in [-0.15, -0.1) is 0 Å². The molecule has 8 nitrogen and oxygen atoms in total. The van der Waals surface area contributed by atoms with E-state index in [2.05, 4.69) is 28.1 Å². The molecule has 5 rings (SSSR count). The summed E-state index contributed by atoms with van der Waals surface area (Å²) in [5.74, 6) is -0.793. The van der Waals surface area contributed by atoms with E-state index in [4.69, 9.17) is 4.74 Å².